The Kier molecular flexibility index (Phi) is 4.22. The Morgan fingerprint density at radius 2 is 2.24 bits per heavy atom. The number of hydrogen-bond acceptors (Lipinski definition) is 5. The molecule has 0 atom stereocenters. The highest BCUT2D eigenvalue weighted by Crippen LogP contribution is 2.16. The SMILES string of the molecule is Cc1cccnc1NS(=O)(=O)c1cnn(CCC(=O)O)c1. The zero-order chi connectivity index (χ0) is 15.5. The van der Waals surface area contributed by atoms with Crippen molar-refractivity contribution in [2.24, 2.45) is 0 Å². The Bertz CT molecular complexity index is 754. The molecule has 0 aliphatic heterocycles. The van der Waals surface area contributed by atoms with Crippen molar-refractivity contribution in [1.29, 1.82) is 0 Å². The molecule has 2 aromatic rings. The lowest BCUT2D eigenvalue weighted by molar-refractivity contribution is -0.137. The smallest absolute Gasteiger partial charge is 0.305 e. The van der Waals surface area contributed by atoms with Crippen molar-refractivity contribution in [1.82, 2.24) is 14.8 Å². The number of sulfonamides is 1. The molecule has 0 bridgehead atoms. The maximum atomic E-state index is 12.2. The van der Waals surface area contributed by atoms with Crippen LogP contribution in [-0.2, 0) is 21.4 Å². The Hall–Kier alpha value is -2.42. The van der Waals surface area contributed by atoms with Gasteiger partial charge in [-0.25, -0.2) is 13.4 Å². The number of aromatic nitrogens is 3. The van der Waals surface area contributed by atoms with Crippen molar-refractivity contribution >= 4 is 21.8 Å². The van der Waals surface area contributed by atoms with Gasteiger partial charge in [-0.1, -0.05) is 6.07 Å². The summed E-state index contributed by atoms with van der Waals surface area (Å²) < 4.78 is 28.0. The van der Waals surface area contributed by atoms with Crippen LogP contribution < -0.4 is 4.72 Å². The second-order valence-corrected chi connectivity index (χ2v) is 6.04. The Morgan fingerprint density at radius 1 is 1.48 bits per heavy atom. The predicted octanol–water partition coefficient (Wildman–Crippen LogP) is 0.862. The van der Waals surface area contributed by atoms with Gasteiger partial charge in [0.2, 0.25) is 0 Å². The number of carboxylic acid groups (broad SMARTS) is 1. The summed E-state index contributed by atoms with van der Waals surface area (Å²) in [5, 5.41) is 12.4. The highest BCUT2D eigenvalue weighted by atomic mass is 32.2. The van der Waals surface area contributed by atoms with Gasteiger partial charge in [-0.2, -0.15) is 5.10 Å². The molecule has 9 heteroatoms. The zero-order valence-corrected chi connectivity index (χ0v) is 12.0. The molecule has 0 fully saturated rings. The van der Waals surface area contributed by atoms with E-state index in [1.54, 1.807) is 19.1 Å². The number of pyridine rings is 1. The lowest BCUT2D eigenvalue weighted by Gasteiger charge is -2.07. The van der Waals surface area contributed by atoms with Gasteiger partial charge in [0.1, 0.15) is 10.7 Å². The number of nitrogens with one attached hydrogen (secondary N) is 1. The van der Waals surface area contributed by atoms with Gasteiger partial charge < -0.3 is 5.11 Å². The molecule has 0 spiro atoms. The summed E-state index contributed by atoms with van der Waals surface area (Å²) in [5.41, 5.74) is 0.694. The second kappa shape index (κ2) is 5.92. The topological polar surface area (TPSA) is 114 Å². The van der Waals surface area contributed by atoms with Crippen LogP contribution >= 0.6 is 0 Å². The minimum atomic E-state index is -3.80. The Balaban J connectivity index is 2.17. The van der Waals surface area contributed by atoms with E-state index in [4.69, 9.17) is 5.11 Å². The van der Waals surface area contributed by atoms with E-state index in [0.29, 0.717) is 5.56 Å². The van der Waals surface area contributed by atoms with Gasteiger partial charge in [0.15, 0.2) is 0 Å². The summed E-state index contributed by atoms with van der Waals surface area (Å²) in [6.07, 6.45) is 3.81. The lowest BCUT2D eigenvalue weighted by Crippen LogP contribution is -2.14. The molecule has 0 unspecified atom stereocenters. The van der Waals surface area contributed by atoms with Crippen molar-refractivity contribution in [2.75, 3.05) is 4.72 Å². The molecular formula is C12H14N4O4S. The quantitative estimate of drug-likeness (QED) is 0.818. The van der Waals surface area contributed by atoms with E-state index in [-0.39, 0.29) is 23.7 Å². The number of rotatable bonds is 6. The highest BCUT2D eigenvalue weighted by Gasteiger charge is 2.18. The van der Waals surface area contributed by atoms with Crippen molar-refractivity contribution in [3.05, 3.63) is 36.3 Å². The van der Waals surface area contributed by atoms with Gasteiger partial charge in [0, 0.05) is 12.4 Å². The molecule has 2 heterocycles. The molecule has 0 aliphatic carbocycles. The van der Waals surface area contributed by atoms with Crippen LogP contribution in [-0.4, -0.2) is 34.3 Å². The third-order valence-corrected chi connectivity index (χ3v) is 4.01. The molecule has 0 aromatic carbocycles. The first-order valence-corrected chi connectivity index (χ1v) is 7.55. The van der Waals surface area contributed by atoms with Crippen LogP contribution in [0.3, 0.4) is 0 Å². The second-order valence-electron chi connectivity index (χ2n) is 4.36. The number of nitrogens with zero attached hydrogens (tertiary/aromatic N) is 3. The van der Waals surface area contributed by atoms with Gasteiger partial charge in [-0.3, -0.25) is 14.2 Å². The van der Waals surface area contributed by atoms with Crippen LogP contribution in [0.25, 0.3) is 0 Å². The van der Waals surface area contributed by atoms with E-state index in [0.717, 1.165) is 0 Å². The number of carbonyl (C=O) groups is 1. The van der Waals surface area contributed by atoms with Crippen molar-refractivity contribution < 1.29 is 18.3 Å². The predicted molar refractivity (Wildman–Crippen MR) is 74.3 cm³/mol. The van der Waals surface area contributed by atoms with Gasteiger partial charge in [0.25, 0.3) is 10.0 Å². The highest BCUT2D eigenvalue weighted by molar-refractivity contribution is 7.92. The summed E-state index contributed by atoms with van der Waals surface area (Å²) in [6, 6.07) is 3.44. The van der Waals surface area contributed by atoms with Crippen LogP contribution in [0.15, 0.2) is 35.6 Å². The standard InChI is InChI=1S/C12H14N4O4S/c1-9-3-2-5-13-12(9)15-21(19,20)10-7-14-16(8-10)6-4-11(17)18/h2-3,5,7-8H,4,6H2,1H3,(H,13,15)(H,17,18). The van der Waals surface area contributed by atoms with Crippen LogP contribution in [0.5, 0.6) is 0 Å². The summed E-state index contributed by atoms with van der Waals surface area (Å²) >= 11 is 0. The largest absolute Gasteiger partial charge is 0.481 e. The van der Waals surface area contributed by atoms with Crippen LogP contribution in [0.2, 0.25) is 0 Å². The number of aryl methyl sites for hydroxylation is 2. The molecule has 2 aromatic heterocycles. The number of hydrogen-bond donors (Lipinski definition) is 2. The number of carboxylic acids is 1. The minimum absolute atomic E-state index is 0.0436. The monoisotopic (exact) mass is 310 g/mol. The third kappa shape index (κ3) is 3.78. The lowest BCUT2D eigenvalue weighted by atomic mass is 10.3. The third-order valence-electron chi connectivity index (χ3n) is 2.72. The fraction of sp³-hybridized carbons (Fsp3) is 0.250. The fourth-order valence-corrected chi connectivity index (χ4v) is 2.63. The summed E-state index contributed by atoms with van der Waals surface area (Å²) in [7, 11) is -3.80. The molecule has 0 radical (unpaired) electrons. The van der Waals surface area contributed by atoms with E-state index in [2.05, 4.69) is 14.8 Å². The average Bonchev–Trinajstić information content (AvgIpc) is 2.88. The van der Waals surface area contributed by atoms with Crippen LogP contribution in [0.1, 0.15) is 12.0 Å². The molecule has 2 rings (SSSR count). The first kappa shape index (κ1) is 15.0. The minimum Gasteiger partial charge on any atom is -0.481 e. The molecule has 21 heavy (non-hydrogen) atoms. The van der Waals surface area contributed by atoms with Crippen LogP contribution in [0, 0.1) is 6.92 Å². The molecule has 0 saturated heterocycles. The molecule has 0 saturated carbocycles. The van der Waals surface area contributed by atoms with E-state index < -0.39 is 16.0 Å². The summed E-state index contributed by atoms with van der Waals surface area (Å²) in [6.45, 7) is 1.84. The van der Waals surface area contributed by atoms with E-state index in [1.807, 2.05) is 0 Å². The van der Waals surface area contributed by atoms with Gasteiger partial charge in [-0.05, 0) is 18.6 Å². The number of anilines is 1. The van der Waals surface area contributed by atoms with E-state index >= 15 is 0 Å². The maximum Gasteiger partial charge on any atom is 0.305 e. The molecule has 2 N–H and O–H groups in total. The average molecular weight is 310 g/mol. The molecule has 0 aliphatic rings. The molecule has 112 valence electrons. The van der Waals surface area contributed by atoms with Gasteiger partial charge in [0.05, 0.1) is 19.2 Å². The molecular weight excluding hydrogens is 296 g/mol. The maximum absolute atomic E-state index is 12.2. The van der Waals surface area contributed by atoms with Crippen molar-refractivity contribution in [3.8, 4) is 0 Å². The Morgan fingerprint density at radius 3 is 2.90 bits per heavy atom. The summed E-state index contributed by atoms with van der Waals surface area (Å²) in [4.78, 5) is 14.4. The van der Waals surface area contributed by atoms with E-state index in [1.165, 1.54) is 23.3 Å². The fourth-order valence-electron chi connectivity index (χ4n) is 1.59. The van der Waals surface area contributed by atoms with E-state index in [9.17, 15) is 13.2 Å². The van der Waals surface area contributed by atoms with Crippen LogP contribution in [0.4, 0.5) is 5.82 Å². The first-order chi connectivity index (χ1) is 9.88. The summed E-state index contributed by atoms with van der Waals surface area (Å²) in [5.74, 6) is -0.729. The molecule has 0 amide bonds. The molecule has 8 nitrogen and oxygen atoms in total. The number of aliphatic carboxylic acids is 1. The van der Waals surface area contributed by atoms with Gasteiger partial charge >= 0.3 is 5.97 Å². The Labute approximate surface area is 121 Å². The van der Waals surface area contributed by atoms with Crippen molar-refractivity contribution in [3.63, 3.8) is 0 Å². The normalized spacial score (nSPS) is 11.3. The van der Waals surface area contributed by atoms with Gasteiger partial charge in [-0.15, -0.1) is 0 Å². The first-order valence-electron chi connectivity index (χ1n) is 6.07. The zero-order valence-electron chi connectivity index (χ0n) is 11.2. The van der Waals surface area contributed by atoms with Crippen molar-refractivity contribution in [2.45, 2.75) is 24.8 Å².